The van der Waals surface area contributed by atoms with Crippen LogP contribution in [0.5, 0.6) is 0 Å². The van der Waals surface area contributed by atoms with Crippen molar-refractivity contribution in [2.75, 3.05) is 18.9 Å². The van der Waals surface area contributed by atoms with Gasteiger partial charge in [-0.3, -0.25) is 10.1 Å². The van der Waals surface area contributed by atoms with Gasteiger partial charge in [0, 0.05) is 19.1 Å². The molecule has 2 amide bonds. The van der Waals surface area contributed by atoms with Crippen LogP contribution in [0.15, 0.2) is 10.4 Å². The van der Waals surface area contributed by atoms with Gasteiger partial charge in [-0.2, -0.15) is 4.31 Å². The predicted molar refractivity (Wildman–Crippen MR) is 114 cm³/mol. The van der Waals surface area contributed by atoms with Gasteiger partial charge in [-0.05, 0) is 25.7 Å². The number of thiazole rings is 1. The highest BCUT2D eigenvalue weighted by atomic mass is 32.2. The normalized spacial score (nSPS) is 19.0. The van der Waals surface area contributed by atoms with Gasteiger partial charge < -0.3 is 10.0 Å². The van der Waals surface area contributed by atoms with Crippen molar-refractivity contribution in [1.82, 2.24) is 14.2 Å². The number of rotatable bonds is 7. The van der Waals surface area contributed by atoms with Crippen molar-refractivity contribution in [1.29, 1.82) is 0 Å². The number of aliphatic carboxylic acids is 1. The first-order valence-electron chi connectivity index (χ1n) is 10.5. The summed E-state index contributed by atoms with van der Waals surface area (Å²) in [7, 11) is -2.76. The molecule has 0 saturated heterocycles. The number of carbonyl (C=O) groups excluding carboxylic acids is 1. The van der Waals surface area contributed by atoms with Gasteiger partial charge in [0.15, 0.2) is 9.34 Å². The highest BCUT2D eigenvalue weighted by Crippen LogP contribution is 2.32. The van der Waals surface area contributed by atoms with Crippen molar-refractivity contribution in [2.24, 2.45) is 0 Å². The van der Waals surface area contributed by atoms with Gasteiger partial charge in [0.1, 0.15) is 6.54 Å². The summed E-state index contributed by atoms with van der Waals surface area (Å²) in [6.45, 7) is -0.640. The molecule has 2 N–H and O–H groups in total. The monoisotopic (exact) mass is 458 g/mol. The molecule has 0 radical (unpaired) electrons. The van der Waals surface area contributed by atoms with Crippen molar-refractivity contribution in [2.45, 2.75) is 80.5 Å². The Hall–Kier alpha value is -1.72. The maximum Gasteiger partial charge on any atom is 0.324 e. The highest BCUT2D eigenvalue weighted by molar-refractivity contribution is 7.91. The molecule has 2 aliphatic carbocycles. The van der Waals surface area contributed by atoms with Crippen LogP contribution in [0.25, 0.3) is 0 Å². The number of nitrogens with zero attached hydrogens (tertiary/aromatic N) is 3. The van der Waals surface area contributed by atoms with Crippen LogP contribution in [0.4, 0.5) is 9.93 Å². The van der Waals surface area contributed by atoms with Crippen LogP contribution in [-0.4, -0.2) is 65.4 Å². The molecule has 168 valence electrons. The number of hydrogen-bond donors (Lipinski definition) is 2. The van der Waals surface area contributed by atoms with Crippen LogP contribution in [0.3, 0.4) is 0 Å². The summed E-state index contributed by atoms with van der Waals surface area (Å²) in [4.78, 5) is 30.1. The van der Waals surface area contributed by atoms with Crippen molar-refractivity contribution in [3.63, 3.8) is 0 Å². The quantitative estimate of drug-likeness (QED) is 0.646. The fraction of sp³-hybridized carbons (Fsp3) is 0.737. The number of amides is 2. The van der Waals surface area contributed by atoms with Crippen LogP contribution >= 0.6 is 11.3 Å². The maximum absolute atomic E-state index is 13.2. The molecule has 0 bridgehead atoms. The molecular weight excluding hydrogens is 428 g/mol. The SMILES string of the molecule is CN(CC(=O)O)S(=O)(=O)c1cnc(NC(=O)N(C2CCCCC2)C2CCCCC2)s1. The molecule has 3 rings (SSSR count). The molecule has 2 aliphatic rings. The lowest BCUT2D eigenvalue weighted by molar-refractivity contribution is -0.137. The van der Waals surface area contributed by atoms with Crippen LogP contribution in [0.2, 0.25) is 0 Å². The lowest BCUT2D eigenvalue weighted by Crippen LogP contribution is -2.50. The second-order valence-corrected chi connectivity index (χ2v) is 11.4. The summed E-state index contributed by atoms with van der Waals surface area (Å²) in [5, 5.41) is 11.9. The molecule has 1 aromatic rings. The van der Waals surface area contributed by atoms with Crippen LogP contribution in [0, 0.1) is 0 Å². The number of carbonyl (C=O) groups is 2. The lowest BCUT2D eigenvalue weighted by Gasteiger charge is -2.41. The Morgan fingerprint density at radius 3 is 2.13 bits per heavy atom. The number of aromatic nitrogens is 1. The first-order valence-corrected chi connectivity index (χ1v) is 12.8. The molecular formula is C19H30N4O5S2. The third kappa shape index (κ3) is 5.50. The zero-order valence-corrected chi connectivity index (χ0v) is 18.9. The van der Waals surface area contributed by atoms with Crippen molar-refractivity contribution >= 4 is 38.5 Å². The molecule has 0 unspecified atom stereocenters. The van der Waals surface area contributed by atoms with E-state index in [0.717, 1.165) is 67.0 Å². The third-order valence-corrected chi connectivity index (χ3v) is 9.04. The molecule has 30 heavy (non-hydrogen) atoms. The average Bonchev–Trinajstić information content (AvgIpc) is 3.18. The summed E-state index contributed by atoms with van der Waals surface area (Å²) in [5.74, 6) is -1.24. The van der Waals surface area contributed by atoms with Gasteiger partial charge in [0.25, 0.3) is 10.0 Å². The average molecular weight is 459 g/mol. The summed E-state index contributed by atoms with van der Waals surface area (Å²) < 4.78 is 25.7. The minimum absolute atomic E-state index is 0.0940. The Bertz CT molecular complexity index is 827. The number of sulfonamides is 1. The number of carboxylic acid groups (broad SMARTS) is 1. The standard InChI is InChI=1S/C19H30N4O5S2/c1-22(13-16(24)25)30(27,28)17-12-20-18(29-17)21-19(26)23(14-8-4-2-5-9-14)15-10-6-3-7-11-15/h12,14-15H,2-11,13H2,1H3,(H,24,25)(H,20,21,26). The van der Waals surface area contributed by atoms with Gasteiger partial charge in [-0.25, -0.2) is 18.2 Å². The summed E-state index contributed by atoms with van der Waals surface area (Å²) in [5.41, 5.74) is 0. The fourth-order valence-corrected chi connectivity index (χ4v) is 6.72. The molecule has 2 fully saturated rings. The van der Waals surface area contributed by atoms with E-state index in [2.05, 4.69) is 10.3 Å². The lowest BCUT2D eigenvalue weighted by atomic mass is 9.89. The molecule has 1 aromatic heterocycles. The fourth-order valence-electron chi connectivity index (χ4n) is 4.37. The molecule has 0 atom stereocenters. The van der Waals surface area contributed by atoms with E-state index in [1.54, 1.807) is 0 Å². The minimum Gasteiger partial charge on any atom is -0.480 e. The van der Waals surface area contributed by atoms with E-state index in [9.17, 15) is 18.0 Å². The van der Waals surface area contributed by atoms with Crippen molar-refractivity contribution in [3.8, 4) is 0 Å². The van der Waals surface area contributed by atoms with E-state index in [0.29, 0.717) is 0 Å². The van der Waals surface area contributed by atoms with Crippen LogP contribution in [0.1, 0.15) is 64.2 Å². The Labute approximate surface area is 181 Å². The number of likely N-dealkylation sites (N-methyl/N-ethyl adjacent to an activating group) is 1. The zero-order valence-electron chi connectivity index (χ0n) is 17.2. The molecule has 0 spiro atoms. The van der Waals surface area contributed by atoms with Crippen molar-refractivity contribution < 1.29 is 23.1 Å². The molecule has 0 aliphatic heterocycles. The highest BCUT2D eigenvalue weighted by Gasteiger charge is 2.33. The van der Waals surface area contributed by atoms with Gasteiger partial charge in [0.2, 0.25) is 0 Å². The van der Waals surface area contributed by atoms with Gasteiger partial charge in [-0.15, -0.1) is 0 Å². The summed E-state index contributed by atoms with van der Waals surface area (Å²) in [6, 6.07) is 0.212. The number of urea groups is 1. The number of hydrogen-bond acceptors (Lipinski definition) is 6. The van der Waals surface area contributed by atoms with Crippen LogP contribution < -0.4 is 5.32 Å². The first-order chi connectivity index (χ1) is 14.3. The predicted octanol–water partition coefficient (Wildman–Crippen LogP) is 3.35. The molecule has 1 heterocycles. The van der Waals surface area contributed by atoms with Gasteiger partial charge >= 0.3 is 12.0 Å². The number of anilines is 1. The zero-order chi connectivity index (χ0) is 21.7. The van der Waals surface area contributed by atoms with Gasteiger partial charge in [-0.1, -0.05) is 49.9 Å². The number of nitrogens with one attached hydrogen (secondary N) is 1. The van der Waals surface area contributed by atoms with Gasteiger partial charge in [0.05, 0.1) is 6.20 Å². The van der Waals surface area contributed by atoms with E-state index in [1.165, 1.54) is 26.1 Å². The topological polar surface area (TPSA) is 120 Å². The molecule has 9 nitrogen and oxygen atoms in total. The van der Waals surface area contributed by atoms with E-state index in [4.69, 9.17) is 5.11 Å². The number of carboxylic acids is 1. The first kappa shape index (κ1) is 23.0. The smallest absolute Gasteiger partial charge is 0.324 e. The maximum atomic E-state index is 13.2. The van der Waals surface area contributed by atoms with E-state index in [-0.39, 0.29) is 27.5 Å². The summed E-state index contributed by atoms with van der Waals surface area (Å²) >= 11 is 0.842. The van der Waals surface area contributed by atoms with Crippen LogP contribution in [-0.2, 0) is 14.8 Å². The largest absolute Gasteiger partial charge is 0.480 e. The Morgan fingerprint density at radius 1 is 1.10 bits per heavy atom. The third-order valence-electron chi connectivity index (χ3n) is 5.89. The second kappa shape index (κ2) is 10.1. The minimum atomic E-state index is -3.97. The van der Waals surface area contributed by atoms with E-state index < -0.39 is 22.5 Å². The molecule has 0 aromatic carbocycles. The Balaban J connectivity index is 1.73. The Morgan fingerprint density at radius 2 is 1.63 bits per heavy atom. The molecule has 11 heteroatoms. The Kier molecular flexibility index (Phi) is 7.70. The molecule has 2 saturated carbocycles. The van der Waals surface area contributed by atoms with Crippen molar-refractivity contribution in [3.05, 3.63) is 6.20 Å². The summed E-state index contributed by atoms with van der Waals surface area (Å²) in [6.07, 6.45) is 12.1. The van der Waals surface area contributed by atoms with E-state index >= 15 is 0 Å². The van der Waals surface area contributed by atoms with E-state index in [1.807, 2.05) is 4.90 Å². The second-order valence-electron chi connectivity index (χ2n) is 8.06.